The third kappa shape index (κ3) is 3.24. The van der Waals surface area contributed by atoms with Crippen molar-refractivity contribution in [2.24, 2.45) is 11.8 Å². The highest BCUT2D eigenvalue weighted by atomic mass is 16.5. The molecule has 0 saturated heterocycles. The van der Waals surface area contributed by atoms with Crippen molar-refractivity contribution in [3.05, 3.63) is 6.07 Å². The fraction of sp³-hybridized carbons (Fsp3) is 0.692. The van der Waals surface area contributed by atoms with Crippen LogP contribution >= 0.6 is 0 Å². The molecule has 3 N–H and O–H groups in total. The van der Waals surface area contributed by atoms with Crippen LogP contribution in [0.5, 0.6) is 5.88 Å². The Morgan fingerprint density at radius 2 is 1.89 bits per heavy atom. The molecule has 5 heteroatoms. The van der Waals surface area contributed by atoms with Gasteiger partial charge in [-0.2, -0.15) is 9.97 Å². The van der Waals surface area contributed by atoms with Crippen molar-refractivity contribution in [2.45, 2.75) is 39.2 Å². The van der Waals surface area contributed by atoms with E-state index >= 15 is 0 Å². The van der Waals surface area contributed by atoms with Crippen LogP contribution in [-0.2, 0) is 0 Å². The smallest absolute Gasteiger partial charge is 0.225 e. The molecule has 1 saturated carbocycles. The fourth-order valence-electron chi connectivity index (χ4n) is 2.77. The lowest BCUT2D eigenvalue weighted by Crippen LogP contribution is -2.28. The van der Waals surface area contributed by atoms with E-state index < -0.39 is 0 Å². The van der Waals surface area contributed by atoms with Gasteiger partial charge in [0, 0.05) is 13.1 Å². The maximum absolute atomic E-state index is 5.95. The molecular formula is C13H22N4O. The number of nitrogen functional groups attached to an aromatic ring is 1. The molecule has 2 atom stereocenters. The van der Waals surface area contributed by atoms with Crippen LogP contribution in [0, 0.1) is 11.8 Å². The summed E-state index contributed by atoms with van der Waals surface area (Å²) < 4.78 is 5.95. The summed E-state index contributed by atoms with van der Waals surface area (Å²) in [7, 11) is 1.80. The lowest BCUT2D eigenvalue weighted by atomic mass is 9.82. The van der Waals surface area contributed by atoms with Crippen molar-refractivity contribution in [3.8, 4) is 5.88 Å². The Morgan fingerprint density at radius 1 is 1.22 bits per heavy atom. The van der Waals surface area contributed by atoms with Gasteiger partial charge in [0.05, 0.1) is 0 Å². The van der Waals surface area contributed by atoms with E-state index in [1.807, 2.05) is 0 Å². The van der Waals surface area contributed by atoms with Crippen molar-refractivity contribution >= 4 is 11.8 Å². The minimum absolute atomic E-state index is 0.239. The standard InChI is InChI=1S/C13H22N4O/c1-8-4-9(2)6-10(5-8)18-12-7-11(15-3)16-13(14)17-12/h7-10H,4-6H2,1-3H3,(H3,14,15,16,17). The molecule has 18 heavy (non-hydrogen) atoms. The van der Waals surface area contributed by atoms with Crippen LogP contribution in [0.1, 0.15) is 33.1 Å². The fourth-order valence-corrected chi connectivity index (χ4v) is 2.77. The SMILES string of the molecule is CNc1cc(OC2CC(C)CC(C)C2)nc(N)n1. The number of anilines is 2. The molecule has 0 radical (unpaired) electrons. The number of nitrogens with one attached hydrogen (secondary N) is 1. The van der Waals surface area contributed by atoms with Crippen molar-refractivity contribution in [1.29, 1.82) is 0 Å². The molecule has 1 aromatic rings. The van der Waals surface area contributed by atoms with Gasteiger partial charge >= 0.3 is 0 Å². The van der Waals surface area contributed by atoms with Crippen LogP contribution in [0.25, 0.3) is 0 Å². The summed E-state index contributed by atoms with van der Waals surface area (Å²) in [5.74, 6) is 2.92. The number of nitrogens with two attached hydrogens (primary N) is 1. The van der Waals surface area contributed by atoms with E-state index in [0.29, 0.717) is 23.5 Å². The average Bonchev–Trinajstić information content (AvgIpc) is 2.26. The third-order valence-electron chi connectivity index (χ3n) is 3.40. The highest BCUT2D eigenvalue weighted by Gasteiger charge is 2.25. The highest BCUT2D eigenvalue weighted by molar-refractivity contribution is 5.42. The zero-order chi connectivity index (χ0) is 13.1. The number of hydrogen-bond donors (Lipinski definition) is 2. The molecule has 0 amide bonds. The topological polar surface area (TPSA) is 73.1 Å². The van der Waals surface area contributed by atoms with E-state index in [2.05, 4.69) is 29.1 Å². The molecule has 2 rings (SSSR count). The second kappa shape index (κ2) is 5.42. The summed E-state index contributed by atoms with van der Waals surface area (Å²) in [4.78, 5) is 8.18. The van der Waals surface area contributed by atoms with Gasteiger partial charge in [0.15, 0.2) is 0 Å². The lowest BCUT2D eigenvalue weighted by Gasteiger charge is -2.31. The van der Waals surface area contributed by atoms with Gasteiger partial charge < -0.3 is 15.8 Å². The predicted molar refractivity (Wildman–Crippen MR) is 72.6 cm³/mol. The molecule has 0 aliphatic heterocycles. The Labute approximate surface area is 108 Å². The Hall–Kier alpha value is -1.52. The van der Waals surface area contributed by atoms with E-state index in [-0.39, 0.29) is 12.1 Å². The van der Waals surface area contributed by atoms with Crippen molar-refractivity contribution in [2.75, 3.05) is 18.1 Å². The summed E-state index contributed by atoms with van der Waals surface area (Å²) in [5.41, 5.74) is 5.65. The Bertz CT molecular complexity index is 400. The van der Waals surface area contributed by atoms with Crippen molar-refractivity contribution < 1.29 is 4.74 Å². The summed E-state index contributed by atoms with van der Waals surface area (Å²) in [6.07, 6.45) is 3.70. The number of nitrogens with zero attached hydrogens (tertiary/aromatic N) is 2. The Kier molecular flexibility index (Phi) is 3.89. The van der Waals surface area contributed by atoms with Gasteiger partial charge in [-0.15, -0.1) is 0 Å². The maximum Gasteiger partial charge on any atom is 0.225 e. The third-order valence-corrected chi connectivity index (χ3v) is 3.40. The number of ether oxygens (including phenoxy) is 1. The van der Waals surface area contributed by atoms with Gasteiger partial charge in [0.1, 0.15) is 11.9 Å². The zero-order valence-electron chi connectivity index (χ0n) is 11.3. The van der Waals surface area contributed by atoms with Gasteiger partial charge in [-0.25, -0.2) is 0 Å². The molecule has 1 aliphatic rings. The van der Waals surface area contributed by atoms with E-state index in [0.717, 1.165) is 12.8 Å². The molecule has 100 valence electrons. The molecule has 1 aliphatic carbocycles. The van der Waals surface area contributed by atoms with E-state index in [1.165, 1.54) is 6.42 Å². The van der Waals surface area contributed by atoms with Gasteiger partial charge in [-0.05, 0) is 31.1 Å². The molecule has 1 heterocycles. The normalized spacial score (nSPS) is 27.8. The maximum atomic E-state index is 5.95. The van der Waals surface area contributed by atoms with E-state index in [1.54, 1.807) is 13.1 Å². The number of hydrogen-bond acceptors (Lipinski definition) is 5. The minimum Gasteiger partial charge on any atom is -0.474 e. The van der Waals surface area contributed by atoms with Gasteiger partial charge in [0.25, 0.3) is 0 Å². The molecule has 0 spiro atoms. The summed E-state index contributed by atoms with van der Waals surface area (Å²) >= 11 is 0. The quantitative estimate of drug-likeness (QED) is 0.861. The lowest BCUT2D eigenvalue weighted by molar-refractivity contribution is 0.0968. The predicted octanol–water partition coefficient (Wildman–Crippen LogP) is 2.30. The Morgan fingerprint density at radius 3 is 2.50 bits per heavy atom. The minimum atomic E-state index is 0.239. The van der Waals surface area contributed by atoms with Crippen LogP contribution in [-0.4, -0.2) is 23.1 Å². The van der Waals surface area contributed by atoms with Crippen molar-refractivity contribution in [3.63, 3.8) is 0 Å². The highest BCUT2D eigenvalue weighted by Crippen LogP contribution is 2.31. The largest absolute Gasteiger partial charge is 0.474 e. The van der Waals surface area contributed by atoms with Crippen LogP contribution in [0.15, 0.2) is 6.07 Å². The van der Waals surface area contributed by atoms with Gasteiger partial charge in [0.2, 0.25) is 11.8 Å². The molecule has 0 bridgehead atoms. The first kappa shape index (κ1) is 12.9. The molecule has 1 fully saturated rings. The molecule has 1 aromatic heterocycles. The second-order valence-corrected chi connectivity index (χ2v) is 5.36. The first-order valence-electron chi connectivity index (χ1n) is 6.55. The van der Waals surface area contributed by atoms with Gasteiger partial charge in [-0.3, -0.25) is 0 Å². The van der Waals surface area contributed by atoms with Crippen LogP contribution in [0.2, 0.25) is 0 Å². The van der Waals surface area contributed by atoms with Crippen LogP contribution in [0.4, 0.5) is 11.8 Å². The molecule has 2 unspecified atom stereocenters. The van der Waals surface area contributed by atoms with Gasteiger partial charge in [-0.1, -0.05) is 13.8 Å². The monoisotopic (exact) mass is 250 g/mol. The van der Waals surface area contributed by atoms with Crippen LogP contribution < -0.4 is 15.8 Å². The summed E-state index contributed by atoms with van der Waals surface area (Å²) in [6, 6.07) is 1.79. The first-order chi connectivity index (χ1) is 8.56. The number of aromatic nitrogens is 2. The number of rotatable bonds is 3. The first-order valence-corrected chi connectivity index (χ1v) is 6.55. The second-order valence-electron chi connectivity index (χ2n) is 5.36. The zero-order valence-corrected chi connectivity index (χ0v) is 11.3. The molecule has 5 nitrogen and oxygen atoms in total. The van der Waals surface area contributed by atoms with Crippen LogP contribution in [0.3, 0.4) is 0 Å². The summed E-state index contributed by atoms with van der Waals surface area (Å²) in [5, 5.41) is 2.95. The average molecular weight is 250 g/mol. The molecular weight excluding hydrogens is 228 g/mol. The van der Waals surface area contributed by atoms with Crippen molar-refractivity contribution in [1.82, 2.24) is 9.97 Å². The van der Waals surface area contributed by atoms with E-state index in [9.17, 15) is 0 Å². The van der Waals surface area contributed by atoms with E-state index in [4.69, 9.17) is 10.5 Å². The molecule has 0 aromatic carbocycles. The summed E-state index contributed by atoms with van der Waals surface area (Å²) in [6.45, 7) is 4.55. The Balaban J connectivity index is 2.06.